The molecule has 0 saturated carbocycles. The van der Waals surface area contributed by atoms with Crippen LogP contribution in [-0.2, 0) is 4.79 Å². The van der Waals surface area contributed by atoms with Crippen molar-refractivity contribution < 1.29 is 9.59 Å². The number of carbonyl (C=O) groups is 2. The van der Waals surface area contributed by atoms with Crippen molar-refractivity contribution in [3.63, 3.8) is 0 Å². The van der Waals surface area contributed by atoms with Crippen LogP contribution in [0.1, 0.15) is 28.4 Å². The fraction of sp³-hybridized carbons (Fsp3) is 0.316. The number of primary amides is 1. The summed E-state index contributed by atoms with van der Waals surface area (Å²) in [5.74, 6) is -0.539. The summed E-state index contributed by atoms with van der Waals surface area (Å²) in [4.78, 5) is 29.8. The third-order valence-electron chi connectivity index (χ3n) is 4.50. The largest absolute Gasteiger partial charge is 0.366 e. The number of hydrogen-bond acceptors (Lipinski definition) is 5. The Kier molecular flexibility index (Phi) is 7.72. The number of rotatable bonds is 6. The van der Waals surface area contributed by atoms with Crippen LogP contribution in [-0.4, -0.2) is 47.9 Å². The number of anilines is 1. The van der Waals surface area contributed by atoms with Gasteiger partial charge in [-0.2, -0.15) is 0 Å². The van der Waals surface area contributed by atoms with Crippen LogP contribution in [0.5, 0.6) is 0 Å². The molecule has 1 atom stereocenters. The molecule has 0 radical (unpaired) electrons. The zero-order valence-electron chi connectivity index (χ0n) is 14.9. The van der Waals surface area contributed by atoms with E-state index in [9.17, 15) is 9.59 Å². The maximum Gasteiger partial charge on any atom is 0.248 e. The van der Waals surface area contributed by atoms with Crippen molar-refractivity contribution in [3.8, 4) is 0 Å². The van der Waals surface area contributed by atoms with Crippen molar-refractivity contribution in [2.24, 2.45) is 5.73 Å². The molecule has 1 aliphatic rings. The number of piperazine rings is 1. The second-order valence-corrected chi connectivity index (χ2v) is 6.28. The van der Waals surface area contributed by atoms with E-state index in [0.717, 1.165) is 25.2 Å². The molecule has 0 bridgehead atoms. The summed E-state index contributed by atoms with van der Waals surface area (Å²) in [7, 11) is 0. The van der Waals surface area contributed by atoms with Crippen molar-refractivity contribution in [3.05, 3.63) is 59.9 Å². The first-order valence-electron chi connectivity index (χ1n) is 8.68. The molecule has 1 aliphatic heterocycles. The van der Waals surface area contributed by atoms with Crippen LogP contribution in [0, 0.1) is 0 Å². The number of benzene rings is 1. The van der Waals surface area contributed by atoms with Gasteiger partial charge in [0.15, 0.2) is 0 Å². The molecule has 7 nitrogen and oxygen atoms in total. The Hall–Kier alpha value is -2.48. The summed E-state index contributed by atoms with van der Waals surface area (Å²) >= 11 is 0. The number of halogens is 1. The monoisotopic (exact) mass is 389 g/mol. The zero-order valence-corrected chi connectivity index (χ0v) is 15.7. The second-order valence-electron chi connectivity index (χ2n) is 6.28. The molecule has 0 spiro atoms. The predicted octanol–water partition coefficient (Wildman–Crippen LogP) is 1.58. The first kappa shape index (κ1) is 20.8. The molecule has 8 heteroatoms. The first-order chi connectivity index (χ1) is 12.6. The highest BCUT2D eigenvalue weighted by Crippen LogP contribution is 2.21. The van der Waals surface area contributed by atoms with Crippen LogP contribution in [0.25, 0.3) is 0 Å². The van der Waals surface area contributed by atoms with Gasteiger partial charge in [-0.25, -0.2) is 0 Å². The molecule has 2 aromatic rings. The third kappa shape index (κ3) is 5.75. The molecule has 2 heterocycles. The van der Waals surface area contributed by atoms with Gasteiger partial charge < -0.3 is 16.4 Å². The lowest BCUT2D eigenvalue weighted by atomic mass is 10.1. The van der Waals surface area contributed by atoms with E-state index in [2.05, 4.69) is 26.6 Å². The van der Waals surface area contributed by atoms with Crippen LogP contribution < -0.4 is 16.4 Å². The maximum absolute atomic E-state index is 12.3. The fourth-order valence-corrected chi connectivity index (χ4v) is 3.10. The fourth-order valence-electron chi connectivity index (χ4n) is 3.10. The number of nitrogens with zero attached hydrogens (tertiary/aromatic N) is 2. The van der Waals surface area contributed by atoms with Gasteiger partial charge in [0.05, 0.1) is 0 Å². The van der Waals surface area contributed by atoms with E-state index >= 15 is 0 Å². The maximum atomic E-state index is 12.3. The highest BCUT2D eigenvalue weighted by molar-refractivity contribution is 5.94. The van der Waals surface area contributed by atoms with Crippen LogP contribution in [0.4, 0.5) is 5.69 Å². The van der Waals surface area contributed by atoms with Crippen LogP contribution in [0.15, 0.2) is 48.8 Å². The van der Waals surface area contributed by atoms with E-state index in [0.29, 0.717) is 24.2 Å². The van der Waals surface area contributed by atoms with Gasteiger partial charge in [0.1, 0.15) is 0 Å². The van der Waals surface area contributed by atoms with Gasteiger partial charge in [0.25, 0.3) is 0 Å². The average Bonchev–Trinajstić information content (AvgIpc) is 2.68. The van der Waals surface area contributed by atoms with Gasteiger partial charge in [-0.05, 0) is 35.9 Å². The molecular formula is C19H24ClN5O2. The van der Waals surface area contributed by atoms with Crippen molar-refractivity contribution in [2.45, 2.75) is 12.5 Å². The molecule has 144 valence electrons. The first-order valence-corrected chi connectivity index (χ1v) is 8.68. The Morgan fingerprint density at radius 2 is 2.04 bits per heavy atom. The number of carbonyl (C=O) groups excluding carboxylic acids is 2. The van der Waals surface area contributed by atoms with Gasteiger partial charge in [-0.3, -0.25) is 19.5 Å². The highest BCUT2D eigenvalue weighted by atomic mass is 35.5. The molecule has 2 amide bonds. The molecule has 1 saturated heterocycles. The molecular weight excluding hydrogens is 366 g/mol. The number of aromatic nitrogens is 1. The molecule has 1 aromatic carbocycles. The Bertz CT molecular complexity index is 754. The molecule has 4 N–H and O–H groups in total. The predicted molar refractivity (Wildman–Crippen MR) is 107 cm³/mol. The Morgan fingerprint density at radius 3 is 2.70 bits per heavy atom. The second kappa shape index (κ2) is 10.0. The van der Waals surface area contributed by atoms with Crippen LogP contribution in [0.2, 0.25) is 0 Å². The van der Waals surface area contributed by atoms with Crippen molar-refractivity contribution in [1.29, 1.82) is 0 Å². The number of amides is 2. The molecule has 27 heavy (non-hydrogen) atoms. The number of pyridine rings is 1. The van der Waals surface area contributed by atoms with Crippen molar-refractivity contribution >= 4 is 29.9 Å². The van der Waals surface area contributed by atoms with Gasteiger partial charge in [-0.1, -0.05) is 6.07 Å². The van der Waals surface area contributed by atoms with Gasteiger partial charge in [0, 0.05) is 62.3 Å². The number of hydrogen-bond donors (Lipinski definition) is 3. The third-order valence-corrected chi connectivity index (χ3v) is 4.50. The number of nitrogens with one attached hydrogen (secondary N) is 2. The summed E-state index contributed by atoms with van der Waals surface area (Å²) in [5.41, 5.74) is 7.45. The summed E-state index contributed by atoms with van der Waals surface area (Å²) < 4.78 is 0. The molecule has 0 aliphatic carbocycles. The lowest BCUT2D eigenvalue weighted by molar-refractivity contribution is -0.116. The van der Waals surface area contributed by atoms with Gasteiger partial charge in [-0.15, -0.1) is 12.4 Å². The topological polar surface area (TPSA) is 100 Å². The normalized spacial score (nSPS) is 17.0. The van der Waals surface area contributed by atoms with Gasteiger partial charge >= 0.3 is 0 Å². The molecule has 1 unspecified atom stereocenters. The average molecular weight is 390 g/mol. The van der Waals surface area contributed by atoms with E-state index in [1.165, 1.54) is 0 Å². The Balaban J connectivity index is 0.00000261. The number of nitrogens with two attached hydrogens (primary N) is 1. The summed E-state index contributed by atoms with van der Waals surface area (Å²) in [6.07, 6.45) is 4.04. The van der Waals surface area contributed by atoms with Crippen molar-refractivity contribution in [2.75, 3.05) is 31.5 Å². The van der Waals surface area contributed by atoms with E-state index in [1.807, 2.05) is 12.3 Å². The zero-order chi connectivity index (χ0) is 18.4. The summed E-state index contributed by atoms with van der Waals surface area (Å²) in [6, 6.07) is 10.8. The summed E-state index contributed by atoms with van der Waals surface area (Å²) in [6.45, 7) is 3.32. The minimum Gasteiger partial charge on any atom is -0.366 e. The lowest BCUT2D eigenvalue weighted by Gasteiger charge is -2.36. The lowest BCUT2D eigenvalue weighted by Crippen LogP contribution is -2.46. The molecule has 1 aromatic heterocycles. The smallest absolute Gasteiger partial charge is 0.248 e. The SMILES string of the molecule is Cl.NC(=O)c1ccc(NC(=O)CCN2CCNCC2c2cccnc2)cc1. The molecule has 3 rings (SSSR count). The Morgan fingerprint density at radius 1 is 1.26 bits per heavy atom. The summed E-state index contributed by atoms with van der Waals surface area (Å²) in [5, 5.41) is 6.25. The minimum atomic E-state index is -0.483. The van der Waals surface area contributed by atoms with Crippen LogP contribution >= 0.6 is 12.4 Å². The van der Waals surface area contributed by atoms with Gasteiger partial charge in [0.2, 0.25) is 11.8 Å². The van der Waals surface area contributed by atoms with E-state index in [4.69, 9.17) is 5.73 Å². The van der Waals surface area contributed by atoms with Crippen LogP contribution in [0.3, 0.4) is 0 Å². The van der Waals surface area contributed by atoms with Crippen molar-refractivity contribution in [1.82, 2.24) is 15.2 Å². The van der Waals surface area contributed by atoms with E-state index in [-0.39, 0.29) is 24.4 Å². The standard InChI is InChI=1S/C19H23N5O2.ClH/c20-19(26)14-3-5-16(6-4-14)23-18(25)7-10-24-11-9-22-13-17(24)15-2-1-8-21-12-15;/h1-6,8,12,17,22H,7,9-11,13H2,(H2,20,26)(H,23,25);1H. The Labute approximate surface area is 164 Å². The highest BCUT2D eigenvalue weighted by Gasteiger charge is 2.24. The van der Waals surface area contributed by atoms with E-state index in [1.54, 1.807) is 30.5 Å². The molecule has 1 fully saturated rings. The minimum absolute atomic E-state index is 0. The van der Waals surface area contributed by atoms with E-state index < -0.39 is 5.91 Å². The quantitative estimate of drug-likeness (QED) is 0.696.